The number of nitrogens with zero attached hydrogens (tertiary/aromatic N) is 5. The van der Waals surface area contributed by atoms with Crippen LogP contribution in [0.3, 0.4) is 0 Å². The molecule has 0 fully saturated rings. The van der Waals surface area contributed by atoms with Gasteiger partial charge in [0.2, 0.25) is 5.88 Å². The number of hydrogen-bond acceptors (Lipinski definition) is 6. The van der Waals surface area contributed by atoms with Gasteiger partial charge < -0.3 is 10.5 Å². The number of nitrogen functional groups attached to an aromatic ring is 1. The molecule has 3 heterocycles. The summed E-state index contributed by atoms with van der Waals surface area (Å²) >= 11 is 0. The van der Waals surface area contributed by atoms with Gasteiger partial charge in [0.25, 0.3) is 6.43 Å². The molecule has 0 saturated carbocycles. The number of carbonyl (C=O) groups is 1. The maximum atomic E-state index is 13.9. The van der Waals surface area contributed by atoms with Crippen molar-refractivity contribution < 1.29 is 18.3 Å². The van der Waals surface area contributed by atoms with Crippen LogP contribution in [0, 0.1) is 0 Å². The standard InChI is InChI=1S/C24H21F2N7O2/c1-28-10-15-8-17(3-5-19(15)27)32-12-14-2-7-22(35-13-21(25)26)30-23(14)33(24(32)34)18-4-6-20-16(9-18)11-29-31-20/h2-11,21H,12-13,27H2,1H3,(H,29,31). The molecular weight excluding hydrogens is 456 g/mol. The zero-order valence-corrected chi connectivity index (χ0v) is 18.7. The Kier molecular flexibility index (Phi) is 5.73. The fourth-order valence-corrected chi connectivity index (χ4v) is 3.94. The third-order valence-electron chi connectivity index (χ3n) is 5.58. The Morgan fingerprint density at radius 1 is 1.20 bits per heavy atom. The largest absolute Gasteiger partial charge is 0.472 e. The average molecular weight is 477 g/mol. The second kappa shape index (κ2) is 9.01. The number of anilines is 4. The van der Waals surface area contributed by atoms with Crippen LogP contribution >= 0.6 is 0 Å². The summed E-state index contributed by atoms with van der Waals surface area (Å²) in [7, 11) is 1.64. The first-order valence-electron chi connectivity index (χ1n) is 10.7. The molecule has 0 atom stereocenters. The van der Waals surface area contributed by atoms with Gasteiger partial charge in [0.05, 0.1) is 23.9 Å². The lowest BCUT2D eigenvalue weighted by molar-refractivity contribution is 0.0796. The predicted octanol–water partition coefficient (Wildman–Crippen LogP) is 4.51. The smallest absolute Gasteiger partial charge is 0.335 e. The summed E-state index contributed by atoms with van der Waals surface area (Å²) in [5.41, 5.74) is 9.95. The number of halogens is 2. The number of benzene rings is 2. The van der Waals surface area contributed by atoms with E-state index in [0.717, 1.165) is 10.9 Å². The van der Waals surface area contributed by atoms with Crippen molar-refractivity contribution in [2.24, 2.45) is 4.99 Å². The number of aromatic amines is 1. The number of nitrogens with one attached hydrogen (secondary N) is 1. The molecule has 9 nitrogen and oxygen atoms in total. The van der Waals surface area contributed by atoms with Gasteiger partial charge in [-0.1, -0.05) is 0 Å². The van der Waals surface area contributed by atoms with Crippen LogP contribution in [0.15, 0.2) is 59.7 Å². The molecular formula is C24H21F2N7O2. The molecule has 0 radical (unpaired) electrons. The lowest BCUT2D eigenvalue weighted by atomic mass is 10.1. The number of aliphatic imine (C=N–C) groups is 1. The number of aromatic nitrogens is 3. The molecule has 0 bridgehead atoms. The van der Waals surface area contributed by atoms with E-state index in [-0.39, 0.29) is 18.5 Å². The highest BCUT2D eigenvalue weighted by Crippen LogP contribution is 2.38. The van der Waals surface area contributed by atoms with Crippen molar-refractivity contribution in [2.45, 2.75) is 13.0 Å². The Morgan fingerprint density at radius 3 is 2.83 bits per heavy atom. The number of nitrogens with two attached hydrogens (primary N) is 1. The van der Waals surface area contributed by atoms with Crippen molar-refractivity contribution >= 4 is 46.0 Å². The highest BCUT2D eigenvalue weighted by Gasteiger charge is 2.34. The molecule has 3 N–H and O–H groups in total. The van der Waals surface area contributed by atoms with E-state index in [9.17, 15) is 13.6 Å². The minimum atomic E-state index is -2.64. The second-order valence-corrected chi connectivity index (χ2v) is 7.88. The maximum Gasteiger partial charge on any atom is 0.335 e. The van der Waals surface area contributed by atoms with Crippen LogP contribution in [0.25, 0.3) is 10.9 Å². The Morgan fingerprint density at radius 2 is 2.03 bits per heavy atom. The van der Waals surface area contributed by atoms with E-state index in [2.05, 4.69) is 20.2 Å². The first-order chi connectivity index (χ1) is 16.9. The minimum Gasteiger partial charge on any atom is -0.472 e. The van der Waals surface area contributed by atoms with Crippen molar-refractivity contribution in [3.8, 4) is 5.88 Å². The molecule has 2 aromatic carbocycles. The molecule has 178 valence electrons. The van der Waals surface area contributed by atoms with E-state index in [1.807, 2.05) is 0 Å². The highest BCUT2D eigenvalue weighted by atomic mass is 19.3. The quantitative estimate of drug-likeness (QED) is 0.313. The number of ether oxygens (including phenoxy) is 1. The summed E-state index contributed by atoms with van der Waals surface area (Å²) in [6.45, 7) is -0.576. The molecule has 11 heteroatoms. The SMILES string of the molecule is CN=Cc1cc(N2Cc3ccc(OCC(F)F)nc3N(c3ccc4[nH]ncc4c3)C2=O)ccc1N. The summed E-state index contributed by atoms with van der Waals surface area (Å²) in [5.74, 6) is 0.320. The van der Waals surface area contributed by atoms with E-state index in [4.69, 9.17) is 10.5 Å². The highest BCUT2D eigenvalue weighted by molar-refractivity contribution is 6.11. The van der Waals surface area contributed by atoms with Gasteiger partial charge in [0.15, 0.2) is 6.61 Å². The van der Waals surface area contributed by atoms with Gasteiger partial charge in [0.1, 0.15) is 5.82 Å². The summed E-state index contributed by atoms with van der Waals surface area (Å²) < 4.78 is 30.5. The van der Waals surface area contributed by atoms with Crippen molar-refractivity contribution in [3.63, 3.8) is 0 Å². The fourth-order valence-electron chi connectivity index (χ4n) is 3.94. The van der Waals surface area contributed by atoms with Crippen LogP contribution in [-0.2, 0) is 6.54 Å². The van der Waals surface area contributed by atoms with E-state index < -0.39 is 13.0 Å². The molecule has 4 aromatic rings. The lowest BCUT2D eigenvalue weighted by Gasteiger charge is -2.36. The van der Waals surface area contributed by atoms with Gasteiger partial charge in [-0.3, -0.25) is 15.0 Å². The summed E-state index contributed by atoms with van der Waals surface area (Å²) in [5, 5.41) is 7.71. The Bertz CT molecular complexity index is 1440. The van der Waals surface area contributed by atoms with Crippen molar-refractivity contribution in [2.75, 3.05) is 29.2 Å². The van der Waals surface area contributed by atoms with Gasteiger partial charge in [-0.25, -0.2) is 18.5 Å². The lowest BCUT2D eigenvalue weighted by Crippen LogP contribution is -2.45. The monoisotopic (exact) mass is 477 g/mol. The molecule has 1 aliphatic rings. The average Bonchev–Trinajstić information content (AvgIpc) is 3.32. The molecule has 0 unspecified atom stereocenters. The summed E-state index contributed by atoms with van der Waals surface area (Å²) in [6.07, 6.45) is 0.633. The van der Waals surface area contributed by atoms with Crippen molar-refractivity contribution in [1.29, 1.82) is 0 Å². The van der Waals surface area contributed by atoms with Gasteiger partial charge in [-0.2, -0.15) is 10.1 Å². The Balaban J connectivity index is 1.62. The number of carbonyl (C=O) groups excluding carboxylic acids is 1. The predicted molar refractivity (Wildman–Crippen MR) is 130 cm³/mol. The van der Waals surface area contributed by atoms with Gasteiger partial charge in [0, 0.05) is 47.2 Å². The Labute approximate surface area is 198 Å². The third kappa shape index (κ3) is 4.23. The molecule has 2 aromatic heterocycles. The van der Waals surface area contributed by atoms with Gasteiger partial charge in [-0.05, 0) is 42.5 Å². The number of hydrogen-bond donors (Lipinski definition) is 2. The number of H-pyrrole nitrogens is 1. The van der Waals surface area contributed by atoms with E-state index >= 15 is 0 Å². The molecule has 2 amide bonds. The normalized spacial score (nSPS) is 13.8. The molecule has 5 rings (SSSR count). The molecule has 0 spiro atoms. The molecule has 0 saturated heterocycles. The molecule has 1 aliphatic heterocycles. The van der Waals surface area contributed by atoms with Crippen LogP contribution in [0.2, 0.25) is 0 Å². The van der Waals surface area contributed by atoms with E-state index in [1.165, 1.54) is 11.0 Å². The van der Waals surface area contributed by atoms with Gasteiger partial charge >= 0.3 is 6.03 Å². The number of fused-ring (bicyclic) bond motifs is 2. The maximum absolute atomic E-state index is 13.9. The number of urea groups is 1. The van der Waals surface area contributed by atoms with Crippen molar-refractivity contribution in [1.82, 2.24) is 15.2 Å². The zero-order valence-electron chi connectivity index (χ0n) is 18.7. The molecule has 35 heavy (non-hydrogen) atoms. The first-order valence-corrected chi connectivity index (χ1v) is 10.7. The Hall–Kier alpha value is -4.54. The summed E-state index contributed by atoms with van der Waals surface area (Å²) in [4.78, 5) is 25.3. The van der Waals surface area contributed by atoms with E-state index in [0.29, 0.717) is 34.0 Å². The zero-order chi connectivity index (χ0) is 24.5. The van der Waals surface area contributed by atoms with Crippen LogP contribution in [-0.4, -0.2) is 47.5 Å². The first kappa shape index (κ1) is 22.3. The number of pyridine rings is 1. The van der Waals surface area contributed by atoms with Crippen LogP contribution in [0.1, 0.15) is 11.1 Å². The van der Waals surface area contributed by atoms with Crippen LogP contribution in [0.5, 0.6) is 5.88 Å². The third-order valence-corrected chi connectivity index (χ3v) is 5.58. The molecule has 0 aliphatic carbocycles. The van der Waals surface area contributed by atoms with E-state index in [1.54, 1.807) is 66.8 Å². The number of alkyl halides is 2. The van der Waals surface area contributed by atoms with Crippen LogP contribution in [0.4, 0.5) is 36.5 Å². The van der Waals surface area contributed by atoms with Gasteiger partial charge in [-0.15, -0.1) is 0 Å². The van der Waals surface area contributed by atoms with Crippen molar-refractivity contribution in [3.05, 3.63) is 65.9 Å². The topological polar surface area (TPSA) is 113 Å². The van der Waals surface area contributed by atoms with Crippen LogP contribution < -0.4 is 20.3 Å². The fraction of sp³-hybridized carbons (Fsp3) is 0.167. The second-order valence-electron chi connectivity index (χ2n) is 7.88. The minimum absolute atomic E-state index is 0.00798. The number of amides is 2. The summed E-state index contributed by atoms with van der Waals surface area (Å²) in [6, 6.07) is 13.5. The number of rotatable bonds is 6.